The SMILES string of the molecule is NC(=O)C(N)CS(=O)(=O)c1cccc(Br)c1. The van der Waals surface area contributed by atoms with Crippen molar-refractivity contribution in [2.24, 2.45) is 11.5 Å². The van der Waals surface area contributed by atoms with Gasteiger partial charge in [0, 0.05) is 4.47 Å². The van der Waals surface area contributed by atoms with Gasteiger partial charge in [-0.15, -0.1) is 0 Å². The van der Waals surface area contributed by atoms with Crippen molar-refractivity contribution in [1.29, 1.82) is 0 Å². The molecule has 88 valence electrons. The molecule has 0 aliphatic carbocycles. The molecule has 0 spiro atoms. The molecule has 16 heavy (non-hydrogen) atoms. The van der Waals surface area contributed by atoms with Crippen molar-refractivity contribution in [3.63, 3.8) is 0 Å². The number of hydrogen-bond acceptors (Lipinski definition) is 4. The molecule has 0 fully saturated rings. The summed E-state index contributed by atoms with van der Waals surface area (Å²) in [5, 5.41) is 0. The largest absolute Gasteiger partial charge is 0.368 e. The van der Waals surface area contributed by atoms with Gasteiger partial charge in [0.05, 0.1) is 16.7 Å². The lowest BCUT2D eigenvalue weighted by Gasteiger charge is -2.08. The van der Waals surface area contributed by atoms with E-state index in [4.69, 9.17) is 11.5 Å². The first-order valence-electron chi connectivity index (χ1n) is 4.36. The lowest BCUT2D eigenvalue weighted by Crippen LogP contribution is -2.41. The van der Waals surface area contributed by atoms with Crippen LogP contribution in [-0.4, -0.2) is 26.1 Å². The minimum atomic E-state index is -3.58. The van der Waals surface area contributed by atoms with Crippen molar-refractivity contribution in [3.05, 3.63) is 28.7 Å². The van der Waals surface area contributed by atoms with E-state index in [-0.39, 0.29) is 4.90 Å². The summed E-state index contributed by atoms with van der Waals surface area (Å²) < 4.78 is 24.2. The quantitative estimate of drug-likeness (QED) is 0.819. The van der Waals surface area contributed by atoms with Crippen molar-refractivity contribution in [2.75, 3.05) is 5.75 Å². The number of rotatable bonds is 4. The van der Waals surface area contributed by atoms with Crippen LogP contribution in [0.15, 0.2) is 33.6 Å². The number of carbonyl (C=O) groups is 1. The average Bonchev–Trinajstić information content (AvgIpc) is 2.17. The molecule has 0 saturated heterocycles. The molecule has 0 bridgehead atoms. The number of amides is 1. The summed E-state index contributed by atoms with van der Waals surface area (Å²) >= 11 is 3.16. The van der Waals surface area contributed by atoms with E-state index in [9.17, 15) is 13.2 Å². The van der Waals surface area contributed by atoms with E-state index >= 15 is 0 Å². The van der Waals surface area contributed by atoms with E-state index in [1.54, 1.807) is 12.1 Å². The van der Waals surface area contributed by atoms with Gasteiger partial charge in [0.25, 0.3) is 0 Å². The Balaban J connectivity index is 2.99. The van der Waals surface area contributed by atoms with Gasteiger partial charge in [-0.25, -0.2) is 8.42 Å². The summed E-state index contributed by atoms with van der Waals surface area (Å²) in [6, 6.07) is 4.99. The highest BCUT2D eigenvalue weighted by Crippen LogP contribution is 2.17. The van der Waals surface area contributed by atoms with Crippen LogP contribution in [0.4, 0.5) is 0 Å². The predicted octanol–water partition coefficient (Wildman–Crippen LogP) is 0.0354. The van der Waals surface area contributed by atoms with Crippen molar-refractivity contribution < 1.29 is 13.2 Å². The molecule has 0 heterocycles. The Morgan fingerprint density at radius 1 is 1.44 bits per heavy atom. The van der Waals surface area contributed by atoms with Crippen molar-refractivity contribution in [1.82, 2.24) is 0 Å². The minimum absolute atomic E-state index is 0.110. The van der Waals surface area contributed by atoms with Crippen molar-refractivity contribution in [3.8, 4) is 0 Å². The highest BCUT2D eigenvalue weighted by Gasteiger charge is 2.22. The molecule has 1 rings (SSSR count). The number of halogens is 1. The molecule has 0 aromatic heterocycles. The van der Waals surface area contributed by atoms with E-state index in [2.05, 4.69) is 15.9 Å². The second-order valence-electron chi connectivity index (χ2n) is 3.25. The molecule has 1 amide bonds. The van der Waals surface area contributed by atoms with Crippen LogP contribution in [0.1, 0.15) is 0 Å². The van der Waals surface area contributed by atoms with Crippen LogP contribution < -0.4 is 11.5 Å². The van der Waals surface area contributed by atoms with Gasteiger partial charge in [0.1, 0.15) is 0 Å². The van der Waals surface area contributed by atoms with E-state index in [1.165, 1.54) is 12.1 Å². The zero-order valence-corrected chi connectivity index (χ0v) is 10.7. The van der Waals surface area contributed by atoms with E-state index < -0.39 is 27.5 Å². The zero-order valence-electron chi connectivity index (χ0n) is 8.26. The Labute approximate surface area is 102 Å². The average molecular weight is 307 g/mol. The Hall–Kier alpha value is -0.920. The van der Waals surface area contributed by atoms with Crippen molar-refractivity contribution in [2.45, 2.75) is 10.9 Å². The van der Waals surface area contributed by atoms with Gasteiger partial charge in [-0.2, -0.15) is 0 Å². The molecule has 1 aromatic rings. The molecule has 4 N–H and O–H groups in total. The van der Waals surface area contributed by atoms with Crippen molar-refractivity contribution >= 4 is 31.7 Å². The highest BCUT2D eigenvalue weighted by molar-refractivity contribution is 9.10. The number of sulfone groups is 1. The van der Waals surface area contributed by atoms with Crippen LogP contribution in [-0.2, 0) is 14.6 Å². The van der Waals surface area contributed by atoms with E-state index in [0.717, 1.165) is 0 Å². The molecule has 0 radical (unpaired) electrons. The Bertz CT molecular complexity index is 501. The number of benzene rings is 1. The fourth-order valence-corrected chi connectivity index (χ4v) is 3.05. The third kappa shape index (κ3) is 3.29. The predicted molar refractivity (Wildman–Crippen MR) is 63.4 cm³/mol. The summed E-state index contributed by atoms with van der Waals surface area (Å²) in [4.78, 5) is 10.8. The van der Waals surface area contributed by atoms with Gasteiger partial charge < -0.3 is 11.5 Å². The van der Waals surface area contributed by atoms with E-state index in [0.29, 0.717) is 4.47 Å². The fourth-order valence-electron chi connectivity index (χ4n) is 1.08. The topological polar surface area (TPSA) is 103 Å². The third-order valence-corrected chi connectivity index (χ3v) is 4.18. The normalized spacial score (nSPS) is 13.4. The van der Waals surface area contributed by atoms with Crippen LogP contribution >= 0.6 is 15.9 Å². The lowest BCUT2D eigenvalue weighted by atomic mass is 10.3. The first kappa shape index (κ1) is 13.1. The van der Waals surface area contributed by atoms with Crippen LogP contribution in [0.2, 0.25) is 0 Å². The number of hydrogen-bond donors (Lipinski definition) is 2. The Morgan fingerprint density at radius 3 is 2.56 bits per heavy atom. The van der Waals surface area contributed by atoms with Gasteiger partial charge in [-0.1, -0.05) is 22.0 Å². The Morgan fingerprint density at radius 2 is 2.06 bits per heavy atom. The van der Waals surface area contributed by atoms with Crippen LogP contribution in [0.5, 0.6) is 0 Å². The molecule has 0 aliphatic heterocycles. The van der Waals surface area contributed by atoms with Gasteiger partial charge in [-0.3, -0.25) is 4.79 Å². The van der Waals surface area contributed by atoms with Gasteiger partial charge in [0.2, 0.25) is 5.91 Å². The third-order valence-electron chi connectivity index (χ3n) is 1.92. The summed E-state index contributed by atoms with van der Waals surface area (Å²) in [5.41, 5.74) is 10.2. The van der Waals surface area contributed by atoms with Gasteiger partial charge in [0.15, 0.2) is 9.84 Å². The molecule has 5 nitrogen and oxygen atoms in total. The van der Waals surface area contributed by atoms with Crippen LogP contribution in [0.25, 0.3) is 0 Å². The second-order valence-corrected chi connectivity index (χ2v) is 6.20. The highest BCUT2D eigenvalue weighted by atomic mass is 79.9. The molecule has 7 heteroatoms. The smallest absolute Gasteiger partial charge is 0.235 e. The first-order valence-corrected chi connectivity index (χ1v) is 6.80. The summed E-state index contributed by atoms with van der Waals surface area (Å²) in [6.45, 7) is 0. The maximum Gasteiger partial charge on any atom is 0.235 e. The minimum Gasteiger partial charge on any atom is -0.368 e. The molecule has 0 saturated carbocycles. The molecular weight excluding hydrogens is 296 g/mol. The lowest BCUT2D eigenvalue weighted by molar-refractivity contribution is -0.118. The van der Waals surface area contributed by atoms with Crippen LogP contribution in [0, 0.1) is 0 Å². The summed E-state index contributed by atoms with van der Waals surface area (Å²) in [5.74, 6) is -1.32. The maximum absolute atomic E-state index is 11.8. The molecule has 0 aliphatic rings. The number of carbonyl (C=O) groups excluding carboxylic acids is 1. The molecule has 1 unspecified atom stereocenters. The van der Waals surface area contributed by atoms with Crippen LogP contribution in [0.3, 0.4) is 0 Å². The summed E-state index contributed by atoms with van der Waals surface area (Å²) in [6.07, 6.45) is 0. The maximum atomic E-state index is 11.8. The Kier molecular flexibility index (Phi) is 4.06. The monoisotopic (exact) mass is 306 g/mol. The molecule has 1 aromatic carbocycles. The van der Waals surface area contributed by atoms with Gasteiger partial charge in [-0.05, 0) is 18.2 Å². The van der Waals surface area contributed by atoms with E-state index in [1.807, 2.05) is 0 Å². The first-order chi connectivity index (χ1) is 7.33. The molecule has 1 atom stereocenters. The van der Waals surface area contributed by atoms with Gasteiger partial charge >= 0.3 is 0 Å². The standard InChI is InChI=1S/C9H11BrN2O3S/c10-6-2-1-3-7(4-6)16(14,15)5-8(11)9(12)13/h1-4,8H,5,11H2,(H2,12,13). The number of primary amides is 1. The fraction of sp³-hybridized carbons (Fsp3) is 0.222. The molecular formula is C9H11BrN2O3S. The second kappa shape index (κ2) is 4.94. The number of nitrogens with two attached hydrogens (primary N) is 2. The summed E-state index contributed by atoms with van der Waals surface area (Å²) in [7, 11) is -3.58. The zero-order chi connectivity index (χ0) is 12.3.